The number of hydrogen-bond donors (Lipinski definition) is 0. The number of non-ortho nitro benzene ring substituents is 2. The minimum atomic E-state index is -6.00. The van der Waals surface area contributed by atoms with Gasteiger partial charge in [0, 0.05) is 24.3 Å². The predicted molar refractivity (Wildman–Crippen MR) is 73.8 cm³/mol. The van der Waals surface area contributed by atoms with E-state index in [0.717, 1.165) is 7.14 Å². The van der Waals surface area contributed by atoms with Crippen LogP contribution in [-0.2, 0) is 0 Å². The van der Waals surface area contributed by atoms with Crippen molar-refractivity contribution in [3.63, 3.8) is 0 Å². The normalized spacial score (nSPS) is 10.5. The minimum Gasteiger partial charge on any atom is -0.418 e. The van der Waals surface area contributed by atoms with Gasteiger partial charge in [-0.2, -0.15) is 0 Å². The van der Waals surface area contributed by atoms with Crippen molar-refractivity contribution < 1.29 is 48.3 Å². The molecule has 0 aromatic heterocycles. The van der Waals surface area contributed by atoms with Crippen molar-refractivity contribution in [2.75, 3.05) is 0 Å². The van der Waals surface area contributed by atoms with Gasteiger partial charge in [0.05, 0.1) is 9.85 Å². The Morgan fingerprint density at radius 1 is 0.708 bits per heavy atom. The van der Waals surface area contributed by atoms with Gasteiger partial charge in [0.15, 0.2) is 7.14 Å². The zero-order chi connectivity index (χ0) is 18.3. The van der Waals surface area contributed by atoms with E-state index >= 15 is 0 Å². The monoisotopic (exact) mass is 458 g/mol. The molecule has 0 aliphatic carbocycles. The van der Waals surface area contributed by atoms with E-state index in [1.54, 1.807) is 24.3 Å². The highest BCUT2D eigenvalue weighted by Gasteiger charge is 2.20. The van der Waals surface area contributed by atoms with Gasteiger partial charge in [-0.05, 0) is 24.3 Å². The van der Waals surface area contributed by atoms with Gasteiger partial charge in [0.1, 0.15) is 0 Å². The van der Waals surface area contributed by atoms with E-state index in [1.165, 1.54) is 24.3 Å². The fourth-order valence-corrected chi connectivity index (χ4v) is 3.54. The molecule has 0 spiro atoms. The summed E-state index contributed by atoms with van der Waals surface area (Å²) in [5.41, 5.74) is 0.132. The van der Waals surface area contributed by atoms with Crippen LogP contribution in [0.3, 0.4) is 0 Å². The zero-order valence-corrected chi connectivity index (χ0v) is 13.8. The van der Waals surface area contributed by atoms with Gasteiger partial charge < -0.3 is 17.3 Å². The highest BCUT2D eigenvalue weighted by molar-refractivity contribution is 6.50. The Balaban J connectivity index is 0.000000505. The lowest BCUT2D eigenvalue weighted by Gasteiger charge is -1.94. The van der Waals surface area contributed by atoms with Crippen LogP contribution in [-0.4, -0.2) is 17.1 Å². The number of nitro benzene ring substituents is 2. The van der Waals surface area contributed by atoms with Crippen LogP contribution in [0.5, 0.6) is 0 Å². The molecule has 0 fully saturated rings. The molecule has 0 radical (unpaired) electrons. The van der Waals surface area contributed by atoms with Gasteiger partial charge in [0.25, 0.3) is 11.4 Å². The molecule has 12 heteroatoms. The third kappa shape index (κ3) is 7.85. The number of benzene rings is 2. The highest BCUT2D eigenvalue weighted by atomic mass is 127. The Morgan fingerprint density at radius 2 is 0.958 bits per heavy atom. The molecule has 6 nitrogen and oxygen atoms in total. The summed E-state index contributed by atoms with van der Waals surface area (Å²) in [7, 11) is -6.00. The van der Waals surface area contributed by atoms with E-state index in [2.05, 4.69) is 0 Å². The summed E-state index contributed by atoms with van der Waals surface area (Å²) in [5.74, 6) is 0. The fraction of sp³-hybridized carbons (Fsp3) is 0. The second kappa shape index (κ2) is 8.56. The topological polar surface area (TPSA) is 86.3 Å². The number of rotatable bonds is 4. The fourth-order valence-electron chi connectivity index (χ4n) is 1.38. The van der Waals surface area contributed by atoms with Crippen LogP contribution in [0.2, 0.25) is 0 Å². The maximum Gasteiger partial charge on any atom is 0.673 e. The molecule has 2 rings (SSSR count). The first-order valence-corrected chi connectivity index (χ1v) is 8.23. The molecule has 0 unspecified atom stereocenters. The van der Waals surface area contributed by atoms with Crippen molar-refractivity contribution in [3.05, 3.63) is 75.9 Å². The van der Waals surface area contributed by atoms with E-state index in [4.69, 9.17) is 0 Å². The molecule has 0 heterocycles. The largest absolute Gasteiger partial charge is 0.673 e. The third-order valence-electron chi connectivity index (χ3n) is 2.29. The standard InChI is InChI=1S/C12H8IN2O4.BF4/c16-14(17)11-5-1-9(2-6-11)13-10-3-7-12(8-4-10)15(18)19;2-1(3,4)5/h1-8H;/q+1;-1. The third-order valence-corrected chi connectivity index (χ3v) is 4.98. The average molecular weight is 458 g/mol. The summed E-state index contributed by atoms with van der Waals surface area (Å²) >= 11 is -0.482. The number of hydrogen-bond acceptors (Lipinski definition) is 4. The van der Waals surface area contributed by atoms with Crippen molar-refractivity contribution in [3.8, 4) is 0 Å². The Bertz CT molecular complexity index is 649. The molecule has 0 saturated heterocycles. The quantitative estimate of drug-likeness (QED) is 0.225. The molecular formula is C12H8BF4IN2O4. The van der Waals surface area contributed by atoms with Crippen molar-refractivity contribution >= 4 is 18.6 Å². The number of nitrogens with zero attached hydrogens (tertiary/aromatic N) is 2. The Kier molecular flexibility index (Phi) is 7.07. The lowest BCUT2D eigenvalue weighted by atomic mass is 10.3. The molecule has 2 aromatic rings. The lowest BCUT2D eigenvalue weighted by Crippen LogP contribution is -3.61. The summed E-state index contributed by atoms with van der Waals surface area (Å²) in [6.45, 7) is 0. The Hall–Kier alpha value is -2.25. The van der Waals surface area contributed by atoms with Crippen LogP contribution >= 0.6 is 0 Å². The molecule has 0 amide bonds. The lowest BCUT2D eigenvalue weighted by molar-refractivity contribution is -0.597. The molecular weight excluding hydrogens is 450 g/mol. The van der Waals surface area contributed by atoms with E-state index < -0.39 is 38.3 Å². The second-order valence-corrected chi connectivity index (χ2v) is 7.09. The Labute approximate surface area is 143 Å². The first-order valence-electron chi connectivity index (χ1n) is 6.07. The van der Waals surface area contributed by atoms with E-state index in [9.17, 15) is 37.5 Å². The predicted octanol–water partition coefficient (Wildman–Crippen LogP) is 0.931. The SMILES string of the molecule is F[B-](F)(F)F.O=[N+]([O-])c1ccc([I+]c2ccc([N+](=O)[O-])cc2)cc1. The zero-order valence-electron chi connectivity index (χ0n) is 11.6. The molecule has 0 N–H and O–H groups in total. The van der Waals surface area contributed by atoms with Crippen LogP contribution in [0.1, 0.15) is 0 Å². The number of nitro groups is 2. The summed E-state index contributed by atoms with van der Waals surface area (Å²) in [5, 5.41) is 21.0. The maximum atomic E-state index is 10.5. The molecule has 2 aromatic carbocycles. The van der Waals surface area contributed by atoms with Crippen LogP contribution in [0, 0.1) is 27.4 Å². The first-order chi connectivity index (χ1) is 11.1. The van der Waals surface area contributed by atoms with Crippen molar-refractivity contribution in [1.29, 1.82) is 0 Å². The summed E-state index contributed by atoms with van der Waals surface area (Å²) < 4.78 is 41.1. The van der Waals surface area contributed by atoms with Crippen LogP contribution < -0.4 is 21.2 Å². The van der Waals surface area contributed by atoms with Gasteiger partial charge >= 0.3 is 28.5 Å². The molecule has 24 heavy (non-hydrogen) atoms. The molecule has 0 aliphatic heterocycles. The molecule has 0 saturated carbocycles. The van der Waals surface area contributed by atoms with E-state index in [0.29, 0.717) is 0 Å². The molecule has 0 bridgehead atoms. The van der Waals surface area contributed by atoms with Crippen LogP contribution in [0.25, 0.3) is 0 Å². The van der Waals surface area contributed by atoms with Gasteiger partial charge in [-0.15, -0.1) is 0 Å². The van der Waals surface area contributed by atoms with E-state index in [1.807, 2.05) is 0 Å². The number of halogens is 5. The maximum absolute atomic E-state index is 10.5. The molecule has 0 aliphatic rings. The van der Waals surface area contributed by atoms with Crippen LogP contribution in [0.4, 0.5) is 28.6 Å². The highest BCUT2D eigenvalue weighted by Crippen LogP contribution is 2.09. The van der Waals surface area contributed by atoms with Gasteiger partial charge in [-0.1, -0.05) is 0 Å². The minimum absolute atomic E-state index is 0.0662. The van der Waals surface area contributed by atoms with Gasteiger partial charge in [-0.25, -0.2) is 0 Å². The Morgan fingerprint density at radius 3 is 1.17 bits per heavy atom. The molecule has 0 atom stereocenters. The average Bonchev–Trinajstić information content (AvgIpc) is 2.46. The summed E-state index contributed by atoms with van der Waals surface area (Å²) in [4.78, 5) is 20.2. The molecule has 128 valence electrons. The van der Waals surface area contributed by atoms with Crippen LogP contribution in [0.15, 0.2) is 48.5 Å². The van der Waals surface area contributed by atoms with Crippen molar-refractivity contribution in [1.82, 2.24) is 0 Å². The second-order valence-electron chi connectivity index (χ2n) is 4.06. The van der Waals surface area contributed by atoms with Crippen molar-refractivity contribution in [2.24, 2.45) is 0 Å². The van der Waals surface area contributed by atoms with Gasteiger partial charge in [0.2, 0.25) is 0 Å². The van der Waals surface area contributed by atoms with Crippen molar-refractivity contribution in [2.45, 2.75) is 0 Å². The smallest absolute Gasteiger partial charge is 0.418 e. The van der Waals surface area contributed by atoms with E-state index in [-0.39, 0.29) is 11.4 Å². The first kappa shape index (κ1) is 19.8. The van der Waals surface area contributed by atoms with Gasteiger partial charge in [-0.3, -0.25) is 20.2 Å². The summed E-state index contributed by atoms with van der Waals surface area (Å²) in [6.07, 6.45) is 0. The summed E-state index contributed by atoms with van der Waals surface area (Å²) in [6, 6.07) is 12.8.